The molecular weight excluding hydrogens is 332 g/mol. The van der Waals surface area contributed by atoms with Crippen molar-refractivity contribution in [2.24, 2.45) is 0 Å². The number of hydroxylamine groups is 1. The monoisotopic (exact) mass is 348 g/mol. The third-order valence-electron chi connectivity index (χ3n) is 3.49. The first-order chi connectivity index (χ1) is 10.5. The second kappa shape index (κ2) is 6.02. The van der Waals surface area contributed by atoms with E-state index in [-0.39, 0.29) is 10.9 Å². The maximum absolute atomic E-state index is 12.8. The summed E-state index contributed by atoms with van der Waals surface area (Å²) in [6.45, 7) is 4.12. The molecule has 114 valence electrons. The van der Waals surface area contributed by atoms with E-state index in [1.165, 1.54) is 0 Å². The summed E-state index contributed by atoms with van der Waals surface area (Å²) in [4.78, 5) is 2.90. The maximum Gasteiger partial charge on any atom is 0.258 e. The minimum atomic E-state index is -0.366. The van der Waals surface area contributed by atoms with Gasteiger partial charge in [0.25, 0.3) is 6.17 Å². The van der Waals surface area contributed by atoms with Crippen LogP contribution in [0.2, 0.25) is 0 Å². The third-order valence-corrected chi connectivity index (χ3v) is 5.85. The average Bonchev–Trinajstić information content (AvgIpc) is 3.04. The van der Waals surface area contributed by atoms with Gasteiger partial charge in [0, 0.05) is 5.69 Å². The highest BCUT2D eigenvalue weighted by Crippen LogP contribution is 2.43. The van der Waals surface area contributed by atoms with E-state index in [0.717, 1.165) is 19.6 Å². The van der Waals surface area contributed by atoms with E-state index < -0.39 is 0 Å². The Kier molecular flexibility index (Phi) is 4.25. The van der Waals surface area contributed by atoms with E-state index in [9.17, 15) is 5.21 Å². The van der Waals surface area contributed by atoms with Crippen molar-refractivity contribution in [3.63, 3.8) is 0 Å². The van der Waals surface area contributed by atoms with Crippen LogP contribution in [-0.2, 0) is 0 Å². The van der Waals surface area contributed by atoms with Crippen molar-refractivity contribution in [2.45, 2.75) is 24.8 Å². The number of benzene rings is 1. The molecule has 22 heavy (non-hydrogen) atoms. The van der Waals surface area contributed by atoms with Crippen molar-refractivity contribution in [3.8, 4) is 0 Å². The van der Waals surface area contributed by atoms with Gasteiger partial charge in [-0.3, -0.25) is 4.90 Å². The van der Waals surface area contributed by atoms with Crippen LogP contribution < -0.4 is 4.90 Å². The standard InChI is InChI=1S/C16H16N2OS3/c1-16(2)14(17(19)11-13-9-6-10-21-13)18(15(20)22-16)12-7-4-3-5-8-12/h3-11,14H,1-2H3/b17-11-. The lowest BCUT2D eigenvalue weighted by Crippen LogP contribution is -2.48. The minimum Gasteiger partial charge on any atom is -0.622 e. The Hall–Kier alpha value is -1.37. The summed E-state index contributed by atoms with van der Waals surface area (Å²) < 4.78 is 1.48. The fourth-order valence-electron chi connectivity index (χ4n) is 2.55. The lowest BCUT2D eigenvalue weighted by atomic mass is 10.1. The van der Waals surface area contributed by atoms with E-state index in [4.69, 9.17) is 12.2 Å². The van der Waals surface area contributed by atoms with E-state index in [0.29, 0.717) is 0 Å². The second-order valence-electron chi connectivity index (χ2n) is 5.56. The molecule has 0 saturated carbocycles. The highest BCUT2D eigenvalue weighted by atomic mass is 32.2. The summed E-state index contributed by atoms with van der Waals surface area (Å²) in [5.41, 5.74) is 0.955. The van der Waals surface area contributed by atoms with Gasteiger partial charge in [0.15, 0.2) is 6.21 Å². The fraction of sp³-hybridized carbons (Fsp3) is 0.250. The van der Waals surface area contributed by atoms with Gasteiger partial charge in [-0.25, -0.2) is 0 Å². The van der Waals surface area contributed by atoms with E-state index in [1.807, 2.05) is 52.7 Å². The van der Waals surface area contributed by atoms with Crippen LogP contribution in [0.4, 0.5) is 5.69 Å². The molecule has 1 unspecified atom stereocenters. The molecule has 1 aliphatic heterocycles. The van der Waals surface area contributed by atoms with Crippen molar-refractivity contribution in [3.05, 3.63) is 57.9 Å². The number of thiophene rings is 1. The fourth-order valence-corrected chi connectivity index (χ4v) is 5.11. The van der Waals surface area contributed by atoms with Crippen LogP contribution in [0.5, 0.6) is 0 Å². The van der Waals surface area contributed by atoms with Gasteiger partial charge in [0.05, 0.1) is 4.88 Å². The Morgan fingerprint density at radius 2 is 1.95 bits per heavy atom. The molecule has 1 fully saturated rings. The number of thiocarbonyl (C=S) groups is 1. The summed E-state index contributed by atoms with van der Waals surface area (Å²) >= 11 is 8.65. The first-order valence-corrected chi connectivity index (χ1v) is 9.00. The molecule has 2 heterocycles. The molecule has 3 nitrogen and oxygen atoms in total. The normalized spacial score (nSPS) is 21.4. The molecule has 1 aromatic carbocycles. The zero-order valence-electron chi connectivity index (χ0n) is 12.3. The van der Waals surface area contributed by atoms with Crippen LogP contribution in [0.1, 0.15) is 18.7 Å². The average molecular weight is 349 g/mol. The maximum atomic E-state index is 12.8. The van der Waals surface area contributed by atoms with Crippen molar-refractivity contribution in [2.75, 3.05) is 4.90 Å². The van der Waals surface area contributed by atoms with Gasteiger partial charge in [-0.1, -0.05) is 48.2 Å². The molecule has 1 saturated heterocycles. The largest absolute Gasteiger partial charge is 0.622 e. The van der Waals surface area contributed by atoms with Gasteiger partial charge in [0.2, 0.25) is 0 Å². The van der Waals surface area contributed by atoms with Crippen LogP contribution in [0, 0.1) is 5.21 Å². The Morgan fingerprint density at radius 3 is 2.59 bits per heavy atom. The summed E-state index contributed by atoms with van der Waals surface area (Å²) in [5.74, 6) is 0. The number of hydrogen-bond acceptors (Lipinski definition) is 4. The van der Waals surface area contributed by atoms with Crippen molar-refractivity contribution in [1.82, 2.24) is 0 Å². The van der Waals surface area contributed by atoms with Crippen LogP contribution in [0.3, 0.4) is 0 Å². The van der Waals surface area contributed by atoms with E-state index in [2.05, 4.69) is 13.8 Å². The molecule has 0 radical (unpaired) electrons. The molecule has 0 bridgehead atoms. The molecular formula is C16H16N2OS3. The SMILES string of the molecule is CC1(C)SC(=S)N(c2ccccc2)C1/[N+]([O-])=C/c1cccs1. The molecule has 6 heteroatoms. The number of anilines is 1. The van der Waals surface area contributed by atoms with Crippen LogP contribution in [-0.4, -0.2) is 26.2 Å². The highest BCUT2D eigenvalue weighted by Gasteiger charge is 2.51. The van der Waals surface area contributed by atoms with Crippen LogP contribution in [0.15, 0.2) is 47.8 Å². The van der Waals surface area contributed by atoms with Crippen molar-refractivity contribution in [1.29, 1.82) is 0 Å². The van der Waals surface area contributed by atoms with E-state index in [1.54, 1.807) is 29.3 Å². The smallest absolute Gasteiger partial charge is 0.258 e. The number of nitrogens with zero attached hydrogens (tertiary/aromatic N) is 2. The zero-order valence-corrected chi connectivity index (χ0v) is 14.8. The number of rotatable bonds is 3. The van der Waals surface area contributed by atoms with Gasteiger partial charge < -0.3 is 5.21 Å². The third kappa shape index (κ3) is 2.91. The predicted octanol–water partition coefficient (Wildman–Crippen LogP) is 4.32. The van der Waals surface area contributed by atoms with Crippen LogP contribution >= 0.6 is 35.3 Å². The molecule has 0 N–H and O–H groups in total. The molecule has 0 amide bonds. The summed E-state index contributed by atoms with van der Waals surface area (Å²) in [5, 5.41) is 14.8. The molecule has 0 spiro atoms. The topological polar surface area (TPSA) is 29.3 Å². The van der Waals surface area contributed by atoms with Crippen LogP contribution in [0.25, 0.3) is 0 Å². The highest BCUT2D eigenvalue weighted by molar-refractivity contribution is 8.24. The Labute approximate surface area is 143 Å². The molecule has 1 aliphatic rings. The predicted molar refractivity (Wildman–Crippen MR) is 100 cm³/mol. The van der Waals surface area contributed by atoms with Gasteiger partial charge in [-0.05, 0) is 37.4 Å². The number of para-hydroxylation sites is 1. The summed E-state index contributed by atoms with van der Waals surface area (Å²) in [6, 6.07) is 13.7. The summed E-state index contributed by atoms with van der Waals surface area (Å²) in [6.07, 6.45) is 1.29. The molecule has 2 aromatic rings. The Balaban J connectivity index is 2.03. The lowest BCUT2D eigenvalue weighted by molar-refractivity contribution is -0.497. The Bertz CT molecular complexity index is 695. The quantitative estimate of drug-likeness (QED) is 0.272. The van der Waals surface area contributed by atoms with Gasteiger partial charge >= 0.3 is 0 Å². The van der Waals surface area contributed by atoms with Gasteiger partial charge in [0.1, 0.15) is 9.07 Å². The van der Waals surface area contributed by atoms with Gasteiger partial charge in [-0.2, -0.15) is 4.74 Å². The Morgan fingerprint density at radius 1 is 1.23 bits per heavy atom. The molecule has 3 rings (SSSR count). The van der Waals surface area contributed by atoms with Crippen molar-refractivity contribution >= 4 is 51.5 Å². The van der Waals surface area contributed by atoms with E-state index >= 15 is 0 Å². The minimum absolute atomic E-state index is 0.289. The number of hydrogen-bond donors (Lipinski definition) is 0. The molecule has 1 atom stereocenters. The first kappa shape index (κ1) is 15.5. The summed E-state index contributed by atoms with van der Waals surface area (Å²) in [7, 11) is 0. The second-order valence-corrected chi connectivity index (χ2v) is 8.82. The molecule has 0 aliphatic carbocycles. The molecule has 1 aromatic heterocycles. The number of thioether (sulfide) groups is 1. The zero-order chi connectivity index (χ0) is 15.7. The van der Waals surface area contributed by atoms with Crippen molar-refractivity contribution < 1.29 is 4.74 Å². The van der Waals surface area contributed by atoms with Gasteiger partial charge in [-0.15, -0.1) is 11.3 Å². The first-order valence-electron chi connectivity index (χ1n) is 6.90. The lowest BCUT2D eigenvalue weighted by Gasteiger charge is -2.29.